The van der Waals surface area contributed by atoms with Gasteiger partial charge in [-0.05, 0) is 41.0 Å². The summed E-state index contributed by atoms with van der Waals surface area (Å²) in [7, 11) is -3.78. The third-order valence-corrected chi connectivity index (χ3v) is 9.37. The molecule has 1 fully saturated rings. The number of halogens is 1. The summed E-state index contributed by atoms with van der Waals surface area (Å²) >= 11 is 6.18. The van der Waals surface area contributed by atoms with E-state index in [0.29, 0.717) is 36.6 Å². The van der Waals surface area contributed by atoms with Gasteiger partial charge >= 0.3 is 0 Å². The molecule has 4 aromatic rings. The zero-order valence-corrected chi connectivity index (χ0v) is 25.4. The first-order valence-electron chi connectivity index (χ1n) is 13.8. The second kappa shape index (κ2) is 13.4. The van der Waals surface area contributed by atoms with Gasteiger partial charge in [0.05, 0.1) is 33.8 Å². The predicted octanol–water partition coefficient (Wildman–Crippen LogP) is 4.88. The molecule has 0 saturated carbocycles. The fourth-order valence-electron chi connectivity index (χ4n) is 4.85. The minimum atomic E-state index is -3.78. The summed E-state index contributed by atoms with van der Waals surface area (Å²) in [5.74, 6) is 0.227. The Balaban J connectivity index is 1.14. The van der Waals surface area contributed by atoms with E-state index in [-0.39, 0.29) is 46.7 Å². The van der Waals surface area contributed by atoms with E-state index in [0.717, 1.165) is 16.7 Å². The number of rotatable bonds is 9. The Labute approximate surface area is 260 Å². The highest BCUT2D eigenvalue weighted by Gasteiger charge is 2.29. The largest absolute Gasteiger partial charge is 0.482 e. The van der Waals surface area contributed by atoms with Crippen LogP contribution in [0.2, 0.25) is 5.02 Å². The Morgan fingerprint density at radius 2 is 1.77 bits per heavy atom. The molecule has 1 aliphatic heterocycles. The van der Waals surface area contributed by atoms with E-state index in [1.165, 1.54) is 41.8 Å². The van der Waals surface area contributed by atoms with Crippen molar-refractivity contribution in [3.63, 3.8) is 0 Å². The molecule has 12 heteroatoms. The Morgan fingerprint density at radius 1 is 1.05 bits per heavy atom. The SMILES string of the molecule is CC(=O)Nc1ccc(S(=O)(=O)N2CCN(Cc3cc(=O)c(OCc4ccc(-c5ccccc5C#N)cc4)co3)CC2)cc1Cl. The van der Waals surface area contributed by atoms with Crippen LogP contribution >= 0.6 is 11.6 Å². The molecule has 2 heterocycles. The minimum Gasteiger partial charge on any atom is -0.482 e. The van der Waals surface area contributed by atoms with Crippen LogP contribution < -0.4 is 15.5 Å². The van der Waals surface area contributed by atoms with Crippen molar-refractivity contribution in [2.24, 2.45) is 0 Å². The zero-order chi connectivity index (χ0) is 31.3. The molecule has 5 rings (SSSR count). The van der Waals surface area contributed by atoms with Crippen molar-refractivity contribution in [3.8, 4) is 22.9 Å². The van der Waals surface area contributed by atoms with Gasteiger partial charge in [0.1, 0.15) is 18.6 Å². The molecular formula is C32H29ClN4O6S. The standard InChI is InChI=1S/C32H29ClN4O6S/c1-22(38)35-30-11-10-27(17-29(30)33)44(40,41)37-14-12-36(13-15-37)19-26-16-31(39)32(21-42-26)43-20-23-6-8-24(9-7-23)28-5-3-2-4-25(28)18-34/h2-11,16-17,21H,12-15,19-20H2,1H3,(H,35,38). The third kappa shape index (κ3) is 7.18. The summed E-state index contributed by atoms with van der Waals surface area (Å²) in [6.07, 6.45) is 1.30. The Bertz CT molecular complexity index is 1880. The number of benzene rings is 3. The van der Waals surface area contributed by atoms with Gasteiger partial charge in [-0.15, -0.1) is 0 Å². The van der Waals surface area contributed by atoms with Crippen molar-refractivity contribution in [1.29, 1.82) is 5.26 Å². The molecule has 1 aromatic heterocycles. The van der Waals surface area contributed by atoms with Crippen LogP contribution in [0.15, 0.2) is 93.2 Å². The van der Waals surface area contributed by atoms with Crippen LogP contribution in [0.5, 0.6) is 5.75 Å². The van der Waals surface area contributed by atoms with Crippen LogP contribution in [0.25, 0.3) is 11.1 Å². The molecule has 1 aliphatic rings. The number of carbonyl (C=O) groups is 1. The highest BCUT2D eigenvalue weighted by molar-refractivity contribution is 7.89. The summed E-state index contributed by atoms with van der Waals surface area (Å²) in [6, 6.07) is 22.8. The smallest absolute Gasteiger partial charge is 0.243 e. The second-order valence-electron chi connectivity index (χ2n) is 10.2. The molecule has 1 amide bonds. The summed E-state index contributed by atoms with van der Waals surface area (Å²) in [5, 5.41) is 12.0. The van der Waals surface area contributed by atoms with Crippen LogP contribution in [-0.4, -0.2) is 49.7 Å². The maximum Gasteiger partial charge on any atom is 0.243 e. The van der Waals surface area contributed by atoms with E-state index in [2.05, 4.69) is 11.4 Å². The van der Waals surface area contributed by atoms with Gasteiger partial charge in [-0.1, -0.05) is 54.1 Å². The Kier molecular flexibility index (Phi) is 9.46. The number of hydrogen-bond donors (Lipinski definition) is 1. The Hall–Kier alpha value is -4.47. The zero-order valence-electron chi connectivity index (χ0n) is 23.8. The molecule has 0 atom stereocenters. The first kappa shape index (κ1) is 31.0. The minimum absolute atomic E-state index is 0.0481. The second-order valence-corrected chi connectivity index (χ2v) is 12.6. The molecule has 0 aliphatic carbocycles. The number of nitrogens with zero attached hydrogens (tertiary/aromatic N) is 3. The van der Waals surface area contributed by atoms with Gasteiger partial charge in [0.2, 0.25) is 27.1 Å². The molecule has 1 saturated heterocycles. The van der Waals surface area contributed by atoms with Crippen LogP contribution in [0.3, 0.4) is 0 Å². The van der Waals surface area contributed by atoms with Gasteiger partial charge in [0, 0.05) is 39.2 Å². The van der Waals surface area contributed by atoms with Gasteiger partial charge in [-0.2, -0.15) is 9.57 Å². The summed E-state index contributed by atoms with van der Waals surface area (Å²) in [4.78, 5) is 26.1. The molecule has 226 valence electrons. The van der Waals surface area contributed by atoms with Crippen LogP contribution in [0.4, 0.5) is 5.69 Å². The lowest BCUT2D eigenvalue weighted by Gasteiger charge is -2.33. The molecule has 10 nitrogen and oxygen atoms in total. The number of sulfonamides is 1. The molecule has 1 N–H and O–H groups in total. The maximum atomic E-state index is 13.2. The highest BCUT2D eigenvalue weighted by Crippen LogP contribution is 2.28. The van der Waals surface area contributed by atoms with E-state index in [1.54, 1.807) is 6.07 Å². The molecule has 0 bridgehead atoms. The molecule has 0 unspecified atom stereocenters. The number of nitriles is 1. The molecular weight excluding hydrogens is 604 g/mol. The highest BCUT2D eigenvalue weighted by atomic mass is 35.5. The van der Waals surface area contributed by atoms with Crippen molar-refractivity contribution >= 4 is 33.2 Å². The number of hydrogen-bond acceptors (Lipinski definition) is 8. The quantitative estimate of drug-likeness (QED) is 0.276. The average molecular weight is 633 g/mol. The lowest BCUT2D eigenvalue weighted by Crippen LogP contribution is -2.48. The monoisotopic (exact) mass is 632 g/mol. The van der Waals surface area contributed by atoms with Crippen molar-refractivity contribution in [2.75, 3.05) is 31.5 Å². The number of carbonyl (C=O) groups excluding carboxylic acids is 1. The van der Waals surface area contributed by atoms with Gasteiger partial charge in [-0.25, -0.2) is 8.42 Å². The summed E-state index contributed by atoms with van der Waals surface area (Å²) in [5.41, 5.74) is 3.24. The molecule has 0 radical (unpaired) electrons. The number of amides is 1. The van der Waals surface area contributed by atoms with Crippen LogP contribution in [-0.2, 0) is 28.0 Å². The Morgan fingerprint density at radius 3 is 2.43 bits per heavy atom. The van der Waals surface area contributed by atoms with Crippen LogP contribution in [0.1, 0.15) is 23.8 Å². The maximum absolute atomic E-state index is 13.2. The van der Waals surface area contributed by atoms with E-state index in [9.17, 15) is 23.3 Å². The lowest BCUT2D eigenvalue weighted by molar-refractivity contribution is -0.114. The number of ether oxygens (including phenoxy) is 1. The topological polar surface area (TPSA) is 133 Å². The number of nitrogens with one attached hydrogen (secondary N) is 1. The molecule has 3 aromatic carbocycles. The first-order chi connectivity index (χ1) is 21.1. The molecule has 44 heavy (non-hydrogen) atoms. The van der Waals surface area contributed by atoms with Crippen molar-refractivity contribution in [2.45, 2.75) is 25.0 Å². The lowest BCUT2D eigenvalue weighted by atomic mass is 9.99. The normalized spacial score (nSPS) is 14.1. The number of anilines is 1. The van der Waals surface area contributed by atoms with E-state index >= 15 is 0 Å². The van der Waals surface area contributed by atoms with Gasteiger partial charge < -0.3 is 14.5 Å². The first-order valence-corrected chi connectivity index (χ1v) is 15.6. The van der Waals surface area contributed by atoms with E-state index < -0.39 is 10.0 Å². The van der Waals surface area contributed by atoms with Crippen molar-refractivity contribution in [1.82, 2.24) is 9.21 Å². The van der Waals surface area contributed by atoms with E-state index in [1.807, 2.05) is 47.4 Å². The molecule has 0 spiro atoms. The van der Waals surface area contributed by atoms with E-state index in [4.69, 9.17) is 20.8 Å². The van der Waals surface area contributed by atoms with Gasteiger partial charge in [0.25, 0.3) is 0 Å². The van der Waals surface area contributed by atoms with Crippen molar-refractivity contribution in [3.05, 3.63) is 111 Å². The van der Waals surface area contributed by atoms with Gasteiger partial charge in [0.15, 0.2) is 0 Å². The summed E-state index contributed by atoms with van der Waals surface area (Å²) < 4.78 is 39.1. The van der Waals surface area contributed by atoms with Crippen molar-refractivity contribution < 1.29 is 22.4 Å². The third-order valence-electron chi connectivity index (χ3n) is 7.16. The summed E-state index contributed by atoms with van der Waals surface area (Å²) in [6.45, 7) is 3.23. The fourth-order valence-corrected chi connectivity index (χ4v) is 6.59. The predicted molar refractivity (Wildman–Crippen MR) is 166 cm³/mol. The van der Waals surface area contributed by atoms with Gasteiger partial charge in [-0.3, -0.25) is 14.5 Å². The van der Waals surface area contributed by atoms with Crippen LogP contribution in [0, 0.1) is 11.3 Å². The fraction of sp³-hybridized carbons (Fsp3) is 0.219. The number of piperazine rings is 1. The average Bonchev–Trinajstić information content (AvgIpc) is 3.02.